The third-order valence-electron chi connectivity index (χ3n) is 0. The number of rotatable bonds is 0. The molecule has 0 rings (SSSR count). The molecule has 66 valence electrons. The van der Waals surface area contributed by atoms with E-state index in [1.165, 1.54) is 0 Å². The first-order valence-corrected chi connectivity index (χ1v) is 12.9. The summed E-state index contributed by atoms with van der Waals surface area (Å²) in [7, 11) is 0. The average molecular weight is 344 g/mol. The maximum atomic E-state index is 10.4. The number of hydrogen-bond donors (Lipinski definition) is 1. The van der Waals surface area contributed by atoms with Gasteiger partial charge in [0, 0.05) is 0 Å². The topological polar surface area (TPSA) is 54.4 Å². The van der Waals surface area contributed by atoms with Gasteiger partial charge in [0.2, 0.25) is 0 Å². The molecular formula is HF6O3Ta. The molecule has 0 saturated heterocycles. The predicted octanol–water partition coefficient (Wildman–Crippen LogP) is 1.72. The molecule has 3 nitrogen and oxygen atoms in total. The predicted molar refractivity (Wildman–Crippen MR) is 10.2 cm³/mol. The van der Waals surface area contributed by atoms with Crippen molar-refractivity contribution in [2.75, 3.05) is 0 Å². The molecular weight excluding hydrogens is 343 g/mol. The minimum atomic E-state index is -16.4. The van der Waals surface area contributed by atoms with Crippen LogP contribution < -0.4 is 0 Å². The van der Waals surface area contributed by atoms with Crippen LogP contribution in [0.15, 0.2) is 0 Å². The van der Waals surface area contributed by atoms with Gasteiger partial charge in [-0.2, -0.15) is 0 Å². The summed E-state index contributed by atoms with van der Waals surface area (Å²) in [5.74, 6) is 0. The van der Waals surface area contributed by atoms with Crippen molar-refractivity contribution < 1.29 is 42.5 Å². The fraction of sp³-hybridized carbons (Fsp3) is 0. The first-order chi connectivity index (χ1) is 3.00. The van der Waals surface area contributed by atoms with E-state index in [1.54, 1.807) is 0 Å². The minimum absolute atomic E-state index is 5.90. The van der Waals surface area contributed by atoms with Gasteiger partial charge < -0.3 is 0 Å². The Bertz CT molecular complexity index is 412. The second kappa shape index (κ2) is 0.428. The normalized spacial score (nSPS) is 34.9. The Kier molecular flexibility index (Phi) is 0.423. The zero-order chi connectivity index (χ0) is 9.33. The van der Waals surface area contributed by atoms with Crippen molar-refractivity contribution in [3.63, 3.8) is 0 Å². The molecule has 0 amide bonds. The Hall–Kier alpha value is -0.120. The van der Waals surface area contributed by atoms with Crippen LogP contribution in [0.4, 0.5) is 18.1 Å². The van der Waals surface area contributed by atoms with Crippen molar-refractivity contribution in [3.8, 4) is 0 Å². The molecule has 0 spiro atoms. The van der Waals surface area contributed by atoms with Gasteiger partial charge >= 0.3 is 42.5 Å². The first kappa shape index (κ1) is 9.88. The van der Waals surface area contributed by atoms with Gasteiger partial charge in [-0.3, -0.25) is 0 Å². The molecule has 0 unspecified atom stereocenters. The van der Waals surface area contributed by atoms with E-state index < -0.39 is 14.2 Å². The Labute approximate surface area is 43.2 Å². The third kappa shape index (κ3) is 26000. The van der Waals surface area contributed by atoms with Crippen LogP contribution in [0.2, 0.25) is 0 Å². The van der Waals surface area contributed by atoms with Crippen LogP contribution in [0.3, 0.4) is 0 Å². The van der Waals surface area contributed by atoms with Crippen molar-refractivity contribution in [1.29, 1.82) is 0 Å². The second-order valence-corrected chi connectivity index (χ2v) is 20.3. The molecule has 0 aromatic heterocycles. The van der Waals surface area contributed by atoms with E-state index in [4.69, 9.17) is 10.1 Å². The molecule has 0 aromatic carbocycles. The summed E-state index contributed by atoms with van der Waals surface area (Å²) in [5, 5.41) is 0. The van der Waals surface area contributed by atoms with Crippen LogP contribution in [0, 0.1) is 0 Å². The Morgan fingerprint density at radius 1 is 0.800 bits per heavy atom. The number of halogens is 6. The van der Waals surface area contributed by atoms with Crippen LogP contribution in [0.5, 0.6) is 0 Å². The van der Waals surface area contributed by atoms with Gasteiger partial charge in [-0.15, -0.1) is 0 Å². The van der Waals surface area contributed by atoms with Gasteiger partial charge in [0.15, 0.2) is 0 Å². The molecule has 0 aliphatic rings. The number of hydrogen-bond acceptors (Lipinski definition) is 2. The second-order valence-electron chi connectivity index (χ2n) is 2.48. The quantitative estimate of drug-likeness (QED) is 0.681. The molecule has 0 aromatic rings. The average Bonchev–Trinajstić information content (AvgIpc) is 0.469. The van der Waals surface area contributed by atoms with E-state index in [0.717, 1.165) is 0 Å². The van der Waals surface area contributed by atoms with Gasteiger partial charge in [-0.1, -0.05) is 0 Å². The fourth-order valence-corrected chi connectivity index (χ4v) is 0. The maximum absolute atomic E-state index is 16.4. The van der Waals surface area contributed by atoms with Crippen LogP contribution >= 0.6 is 0 Å². The first-order valence-electron chi connectivity index (χ1n) is 1.58. The summed E-state index contributed by atoms with van der Waals surface area (Å²) < 4.78 is 84.6. The van der Waals surface area contributed by atoms with E-state index in [0.29, 0.717) is 0 Å². The summed E-state index contributed by atoms with van der Waals surface area (Å²) in [5.41, 5.74) is 0. The molecule has 0 bridgehead atoms. The van der Waals surface area contributed by atoms with E-state index in [-0.39, 0.29) is 0 Å². The molecule has 10 heteroatoms. The van der Waals surface area contributed by atoms with Gasteiger partial charge in [-0.25, -0.2) is 0 Å². The fourth-order valence-electron chi connectivity index (χ4n) is 0. The molecule has 0 aliphatic heterocycles. The third-order valence-corrected chi connectivity index (χ3v) is 0. The summed E-state index contributed by atoms with van der Waals surface area (Å²) in [6, 6.07) is 0. The van der Waals surface area contributed by atoms with Crippen LogP contribution in [0.25, 0.3) is 0 Å². The molecule has 0 aliphatic carbocycles. The van der Waals surface area contributed by atoms with Crippen LogP contribution in [-0.4, -0.2) is 3.61 Å². The summed E-state index contributed by atoms with van der Waals surface area (Å²) in [4.78, 5) is 0. The Morgan fingerprint density at radius 3 is 0.800 bits per heavy atom. The zero-order valence-electron chi connectivity index (χ0n) is 3.98. The van der Waals surface area contributed by atoms with E-state index in [1.807, 2.05) is 0 Å². The molecule has 0 saturated carbocycles. The SMILES string of the molecule is [O]=[Ta](=[O])([OH])([F])([F])([F])([F])([F])[F]. The van der Waals surface area contributed by atoms with Gasteiger partial charge in [-0.05, 0) is 0 Å². The molecule has 0 atom stereocenters. The summed E-state index contributed by atoms with van der Waals surface area (Å²) in [6.45, 7) is 0. The van der Waals surface area contributed by atoms with E-state index in [9.17, 15) is 18.1 Å². The van der Waals surface area contributed by atoms with E-state index >= 15 is 0 Å². The Morgan fingerprint density at radius 2 is 0.800 bits per heavy atom. The molecule has 0 heterocycles. The van der Waals surface area contributed by atoms with Gasteiger partial charge in [0.1, 0.15) is 0 Å². The molecule has 1 N–H and O–H groups in total. The summed E-state index contributed by atoms with van der Waals surface area (Å²) >= 11 is -16.4. The van der Waals surface area contributed by atoms with Gasteiger partial charge in [0.05, 0.1) is 0 Å². The summed E-state index contributed by atoms with van der Waals surface area (Å²) in [6.07, 6.45) is 0. The van der Waals surface area contributed by atoms with Gasteiger partial charge in [0.25, 0.3) is 0 Å². The Balaban J connectivity index is 7.41. The van der Waals surface area contributed by atoms with E-state index in [2.05, 4.69) is 0 Å². The monoisotopic (exact) mass is 344 g/mol. The molecule has 0 fully saturated rings. The van der Waals surface area contributed by atoms with Crippen molar-refractivity contribution in [2.45, 2.75) is 0 Å². The standard InChI is InChI=1S/6FH.H2O.2O.Ta/h6*1H;1H2;;;/q;;;;;;;;;+7/p-7. The van der Waals surface area contributed by atoms with Crippen molar-refractivity contribution in [1.82, 2.24) is 0 Å². The van der Waals surface area contributed by atoms with Crippen LogP contribution in [0.1, 0.15) is 0 Å². The van der Waals surface area contributed by atoms with Crippen molar-refractivity contribution in [2.24, 2.45) is 0 Å². The molecule has 0 radical (unpaired) electrons. The van der Waals surface area contributed by atoms with Crippen molar-refractivity contribution >= 4 is 0 Å². The zero-order valence-corrected chi connectivity index (χ0v) is 7.19. The van der Waals surface area contributed by atoms with Crippen LogP contribution in [-0.2, 0) is 20.7 Å². The molecule has 10 heavy (non-hydrogen) atoms. The van der Waals surface area contributed by atoms with Crippen molar-refractivity contribution in [3.05, 3.63) is 0 Å².